The molecule has 1 N–H and O–H groups in total. The third-order valence-electron chi connectivity index (χ3n) is 4.89. The number of ether oxygens (including phenoxy) is 1. The Morgan fingerprint density at radius 2 is 1.93 bits per heavy atom. The molecule has 27 heavy (non-hydrogen) atoms. The number of aromatic nitrogens is 2. The Kier molecular flexibility index (Phi) is 5.01. The lowest BCUT2D eigenvalue weighted by Crippen LogP contribution is -2.46. The van der Waals surface area contributed by atoms with Crippen LogP contribution in [-0.2, 0) is 6.54 Å². The predicted octanol–water partition coefficient (Wildman–Crippen LogP) is 2.91. The zero-order valence-corrected chi connectivity index (χ0v) is 15.9. The summed E-state index contributed by atoms with van der Waals surface area (Å²) < 4.78 is 5.47. The Balaban J connectivity index is 1.46. The largest absolute Gasteiger partial charge is 0.495 e. The molecule has 0 unspecified atom stereocenters. The van der Waals surface area contributed by atoms with Crippen molar-refractivity contribution in [2.45, 2.75) is 6.54 Å². The van der Waals surface area contributed by atoms with Gasteiger partial charge in [0.05, 0.1) is 30.2 Å². The fraction of sp³-hybridized carbons (Fsp3) is 0.300. The molecule has 6 nitrogen and oxygen atoms in total. The van der Waals surface area contributed by atoms with Crippen LogP contribution in [0.15, 0.2) is 47.3 Å². The van der Waals surface area contributed by atoms with Gasteiger partial charge in [0.15, 0.2) is 0 Å². The number of benzene rings is 2. The minimum absolute atomic E-state index is 0.148. The van der Waals surface area contributed by atoms with E-state index in [0.29, 0.717) is 28.3 Å². The van der Waals surface area contributed by atoms with Gasteiger partial charge in [0.2, 0.25) is 0 Å². The monoisotopic (exact) mass is 384 g/mol. The van der Waals surface area contributed by atoms with Gasteiger partial charge in [-0.15, -0.1) is 0 Å². The third-order valence-corrected chi connectivity index (χ3v) is 5.12. The first-order valence-corrected chi connectivity index (χ1v) is 9.30. The van der Waals surface area contributed by atoms with Crippen LogP contribution in [-0.4, -0.2) is 48.2 Å². The molecule has 4 rings (SSSR count). The first-order valence-electron chi connectivity index (χ1n) is 8.93. The number of halogens is 1. The Morgan fingerprint density at radius 1 is 1.15 bits per heavy atom. The molecule has 0 saturated carbocycles. The maximum Gasteiger partial charge on any atom is 0.258 e. The van der Waals surface area contributed by atoms with Crippen LogP contribution >= 0.6 is 11.6 Å². The molecule has 0 amide bonds. The zero-order valence-electron chi connectivity index (χ0n) is 15.1. The van der Waals surface area contributed by atoms with Crippen molar-refractivity contribution < 1.29 is 4.74 Å². The highest BCUT2D eigenvalue weighted by molar-refractivity contribution is 6.31. The minimum Gasteiger partial charge on any atom is -0.495 e. The van der Waals surface area contributed by atoms with Gasteiger partial charge in [-0.25, -0.2) is 4.98 Å². The molecule has 3 aromatic rings. The topological polar surface area (TPSA) is 61.5 Å². The van der Waals surface area contributed by atoms with Gasteiger partial charge in [-0.2, -0.15) is 0 Å². The number of para-hydroxylation sites is 2. The molecule has 7 heteroatoms. The average molecular weight is 385 g/mol. The van der Waals surface area contributed by atoms with E-state index in [0.717, 1.165) is 37.6 Å². The number of hydrogen-bond acceptors (Lipinski definition) is 5. The van der Waals surface area contributed by atoms with E-state index in [1.165, 1.54) is 0 Å². The number of nitrogens with one attached hydrogen (secondary N) is 1. The van der Waals surface area contributed by atoms with E-state index in [1.807, 2.05) is 18.2 Å². The molecule has 2 heterocycles. The van der Waals surface area contributed by atoms with Crippen LogP contribution < -0.4 is 15.2 Å². The predicted molar refractivity (Wildman–Crippen MR) is 108 cm³/mol. The van der Waals surface area contributed by atoms with Crippen LogP contribution in [0.3, 0.4) is 0 Å². The molecule has 0 spiro atoms. The van der Waals surface area contributed by atoms with E-state index in [2.05, 4.69) is 25.8 Å². The molecule has 0 atom stereocenters. The number of H-pyrrole nitrogens is 1. The maximum absolute atomic E-state index is 12.3. The summed E-state index contributed by atoms with van der Waals surface area (Å²) in [7, 11) is 1.70. The number of aromatic amines is 1. The van der Waals surface area contributed by atoms with Gasteiger partial charge in [-0.3, -0.25) is 9.69 Å². The lowest BCUT2D eigenvalue weighted by Gasteiger charge is -2.36. The van der Waals surface area contributed by atoms with Gasteiger partial charge >= 0.3 is 0 Å². The molecule has 0 aliphatic carbocycles. The Labute approximate surface area is 162 Å². The van der Waals surface area contributed by atoms with Crippen molar-refractivity contribution in [3.63, 3.8) is 0 Å². The summed E-state index contributed by atoms with van der Waals surface area (Å²) in [4.78, 5) is 24.4. The molecule has 140 valence electrons. The Bertz CT molecular complexity index is 1010. The normalized spacial score (nSPS) is 15.3. The van der Waals surface area contributed by atoms with Gasteiger partial charge in [-0.1, -0.05) is 23.7 Å². The van der Waals surface area contributed by atoms with Gasteiger partial charge in [0.1, 0.15) is 11.6 Å². The van der Waals surface area contributed by atoms with Crippen LogP contribution in [0.5, 0.6) is 5.75 Å². The van der Waals surface area contributed by atoms with Crippen molar-refractivity contribution in [2.24, 2.45) is 0 Å². The summed E-state index contributed by atoms with van der Waals surface area (Å²) in [5, 5.41) is 1.06. The lowest BCUT2D eigenvalue weighted by atomic mass is 10.2. The standard InChI is InChI=1S/C20H21ClN4O2/c1-27-18-5-3-2-4-17(18)25-10-8-24(9-11-25)13-19-22-16-7-6-14(21)12-15(16)20(26)23-19/h2-7,12H,8-11,13H2,1H3,(H,22,23,26). The number of rotatable bonds is 4. The minimum atomic E-state index is -0.148. The number of fused-ring (bicyclic) bond motifs is 1. The van der Waals surface area contributed by atoms with Crippen LogP contribution in [0.4, 0.5) is 5.69 Å². The van der Waals surface area contributed by atoms with E-state index in [-0.39, 0.29) is 5.56 Å². The van der Waals surface area contributed by atoms with Gasteiger partial charge in [0, 0.05) is 31.2 Å². The van der Waals surface area contributed by atoms with Crippen LogP contribution in [0.1, 0.15) is 5.82 Å². The van der Waals surface area contributed by atoms with Crippen LogP contribution in [0.25, 0.3) is 10.9 Å². The number of nitrogens with zero attached hydrogens (tertiary/aromatic N) is 3. The van der Waals surface area contributed by atoms with Crippen molar-refractivity contribution >= 4 is 28.2 Å². The fourth-order valence-corrected chi connectivity index (χ4v) is 3.66. The smallest absolute Gasteiger partial charge is 0.258 e. The summed E-state index contributed by atoms with van der Waals surface area (Å²) in [5.74, 6) is 1.57. The molecular weight excluding hydrogens is 364 g/mol. The first kappa shape index (κ1) is 17.8. The second-order valence-corrected chi connectivity index (χ2v) is 7.05. The van der Waals surface area contributed by atoms with E-state index in [1.54, 1.807) is 25.3 Å². The second kappa shape index (κ2) is 7.58. The fourth-order valence-electron chi connectivity index (χ4n) is 3.48. The van der Waals surface area contributed by atoms with Crippen molar-refractivity contribution in [2.75, 3.05) is 38.2 Å². The molecule has 1 fully saturated rings. The highest BCUT2D eigenvalue weighted by Crippen LogP contribution is 2.28. The number of piperazine rings is 1. The molecule has 1 aliphatic heterocycles. The summed E-state index contributed by atoms with van der Waals surface area (Å²) in [6.07, 6.45) is 0. The molecule has 0 radical (unpaired) electrons. The summed E-state index contributed by atoms with van der Waals surface area (Å²) in [6.45, 7) is 4.19. The molecular formula is C20H21ClN4O2. The SMILES string of the molecule is COc1ccccc1N1CCN(Cc2nc3ccc(Cl)cc3c(=O)[nH]2)CC1. The van der Waals surface area contributed by atoms with Crippen molar-refractivity contribution in [1.82, 2.24) is 14.9 Å². The highest BCUT2D eigenvalue weighted by atomic mass is 35.5. The van der Waals surface area contributed by atoms with Crippen molar-refractivity contribution in [3.05, 3.63) is 63.7 Å². The van der Waals surface area contributed by atoms with Gasteiger partial charge in [0.25, 0.3) is 5.56 Å². The summed E-state index contributed by atoms with van der Waals surface area (Å²) >= 11 is 5.97. The zero-order chi connectivity index (χ0) is 18.8. The summed E-state index contributed by atoms with van der Waals surface area (Å²) in [6, 6.07) is 13.3. The molecule has 1 aliphatic rings. The van der Waals surface area contributed by atoms with E-state index in [4.69, 9.17) is 16.3 Å². The highest BCUT2D eigenvalue weighted by Gasteiger charge is 2.20. The third kappa shape index (κ3) is 3.77. The lowest BCUT2D eigenvalue weighted by molar-refractivity contribution is 0.243. The van der Waals surface area contributed by atoms with Gasteiger partial charge < -0.3 is 14.6 Å². The van der Waals surface area contributed by atoms with E-state index < -0.39 is 0 Å². The number of hydrogen-bond donors (Lipinski definition) is 1. The van der Waals surface area contributed by atoms with Crippen LogP contribution in [0.2, 0.25) is 5.02 Å². The van der Waals surface area contributed by atoms with Gasteiger partial charge in [-0.05, 0) is 30.3 Å². The van der Waals surface area contributed by atoms with E-state index >= 15 is 0 Å². The Morgan fingerprint density at radius 3 is 2.70 bits per heavy atom. The number of anilines is 1. The number of methoxy groups -OCH3 is 1. The van der Waals surface area contributed by atoms with Crippen molar-refractivity contribution in [1.29, 1.82) is 0 Å². The second-order valence-electron chi connectivity index (χ2n) is 6.61. The molecule has 1 aromatic heterocycles. The van der Waals surface area contributed by atoms with Crippen LogP contribution in [0, 0.1) is 0 Å². The summed E-state index contributed by atoms with van der Waals surface area (Å²) in [5.41, 5.74) is 1.64. The Hall–Kier alpha value is -2.57. The van der Waals surface area contributed by atoms with Crippen molar-refractivity contribution in [3.8, 4) is 5.75 Å². The van der Waals surface area contributed by atoms with E-state index in [9.17, 15) is 4.79 Å². The maximum atomic E-state index is 12.3. The average Bonchev–Trinajstić information content (AvgIpc) is 2.69. The molecule has 0 bridgehead atoms. The molecule has 2 aromatic carbocycles. The quantitative estimate of drug-likeness (QED) is 0.749. The first-order chi connectivity index (χ1) is 13.1. The molecule has 1 saturated heterocycles.